The van der Waals surface area contributed by atoms with Crippen LogP contribution in [0.5, 0.6) is 0 Å². The molecule has 0 bridgehead atoms. The summed E-state index contributed by atoms with van der Waals surface area (Å²) in [6, 6.07) is 0.415. The van der Waals surface area contributed by atoms with Gasteiger partial charge in [0.2, 0.25) is 0 Å². The highest BCUT2D eigenvalue weighted by Gasteiger charge is 2.25. The van der Waals surface area contributed by atoms with E-state index in [1.165, 1.54) is 0 Å². The van der Waals surface area contributed by atoms with Gasteiger partial charge in [-0.1, -0.05) is 0 Å². The average Bonchev–Trinajstić information content (AvgIpc) is 2.16. The molecule has 0 spiro atoms. The van der Waals surface area contributed by atoms with Crippen LogP contribution in [0.3, 0.4) is 0 Å². The minimum absolute atomic E-state index is 0.0313. The number of aromatic nitrogens is 1. The molecule has 0 aliphatic rings. The maximum Gasteiger partial charge on any atom is 0.377 e. The Bertz CT molecular complexity index is 422. The third-order valence-corrected chi connectivity index (χ3v) is 1.55. The van der Waals surface area contributed by atoms with E-state index in [1.54, 1.807) is 0 Å². The first-order valence-electron chi connectivity index (χ1n) is 3.55. The van der Waals surface area contributed by atoms with Crippen molar-refractivity contribution in [3.05, 3.63) is 33.3 Å². The number of nitrogens with zero attached hydrogens (tertiary/aromatic N) is 2. The molecule has 15 heavy (non-hydrogen) atoms. The van der Waals surface area contributed by atoms with Gasteiger partial charge in [0.05, 0.1) is 0 Å². The molecule has 1 aromatic rings. The normalized spacial score (nSPS) is 10.4. The number of rotatable bonds is 3. The van der Waals surface area contributed by atoms with Crippen LogP contribution in [0.2, 0.25) is 0 Å². The van der Waals surface area contributed by atoms with Gasteiger partial charge in [0, 0.05) is 0 Å². The molecular weight excluding hydrogens is 217 g/mol. The van der Waals surface area contributed by atoms with E-state index >= 15 is 0 Å². The van der Waals surface area contributed by atoms with Crippen LogP contribution >= 0.6 is 0 Å². The van der Waals surface area contributed by atoms with Crippen molar-refractivity contribution in [3.8, 4) is 0 Å². The van der Waals surface area contributed by atoms with E-state index < -0.39 is 34.2 Å². The standard InChI is InChI=1S/C7H3F3N2O3/c8-5(9)4-1-3(2-13)7(12(14)15)11-6(4)10/h1-2,5H. The van der Waals surface area contributed by atoms with Gasteiger partial charge < -0.3 is 10.1 Å². The number of pyridine rings is 1. The van der Waals surface area contributed by atoms with Gasteiger partial charge in [-0.25, -0.2) is 8.78 Å². The number of hydrogen-bond acceptors (Lipinski definition) is 4. The highest BCUT2D eigenvalue weighted by atomic mass is 19.3. The fourth-order valence-electron chi connectivity index (χ4n) is 0.900. The number of hydrogen-bond donors (Lipinski definition) is 0. The SMILES string of the molecule is O=Cc1cc(C(F)F)c(F)nc1[N+](=O)[O-]. The van der Waals surface area contributed by atoms with Crippen molar-refractivity contribution in [1.29, 1.82) is 0 Å². The third-order valence-electron chi connectivity index (χ3n) is 1.55. The lowest BCUT2D eigenvalue weighted by Crippen LogP contribution is -2.04. The number of halogens is 3. The first-order chi connectivity index (χ1) is 6.97. The van der Waals surface area contributed by atoms with Crippen LogP contribution in [0.1, 0.15) is 22.3 Å². The Labute approximate surface area is 80.7 Å². The van der Waals surface area contributed by atoms with Crippen LogP contribution in [-0.4, -0.2) is 16.2 Å². The van der Waals surface area contributed by atoms with Crippen LogP contribution in [-0.2, 0) is 0 Å². The maximum atomic E-state index is 12.8. The number of aldehydes is 1. The topological polar surface area (TPSA) is 73.1 Å². The van der Waals surface area contributed by atoms with Crippen LogP contribution in [0.15, 0.2) is 6.07 Å². The summed E-state index contributed by atoms with van der Waals surface area (Å²) in [6.07, 6.45) is -3.21. The van der Waals surface area contributed by atoms with Crippen molar-refractivity contribution >= 4 is 12.1 Å². The minimum Gasteiger partial charge on any atom is -0.358 e. The molecule has 0 amide bonds. The van der Waals surface area contributed by atoms with Gasteiger partial charge in [-0.05, 0) is 16.0 Å². The number of carbonyl (C=O) groups is 1. The zero-order valence-corrected chi connectivity index (χ0v) is 6.99. The molecule has 5 nitrogen and oxygen atoms in total. The number of alkyl halides is 2. The van der Waals surface area contributed by atoms with E-state index in [-0.39, 0.29) is 6.29 Å². The van der Waals surface area contributed by atoms with Crippen molar-refractivity contribution in [2.75, 3.05) is 0 Å². The average molecular weight is 220 g/mol. The van der Waals surface area contributed by atoms with E-state index in [0.29, 0.717) is 6.07 Å². The van der Waals surface area contributed by atoms with Crippen LogP contribution in [0.4, 0.5) is 19.0 Å². The van der Waals surface area contributed by atoms with E-state index in [2.05, 4.69) is 4.98 Å². The second-order valence-corrected chi connectivity index (χ2v) is 2.46. The third kappa shape index (κ3) is 2.09. The van der Waals surface area contributed by atoms with Crippen molar-refractivity contribution < 1.29 is 22.9 Å². The van der Waals surface area contributed by atoms with Crippen molar-refractivity contribution in [1.82, 2.24) is 4.98 Å². The maximum absolute atomic E-state index is 12.8. The molecule has 1 aromatic heterocycles. The Morgan fingerprint density at radius 2 is 2.13 bits per heavy atom. The highest BCUT2D eigenvalue weighted by Crippen LogP contribution is 2.25. The summed E-state index contributed by atoms with van der Waals surface area (Å²) in [6.45, 7) is 0. The molecule has 0 unspecified atom stereocenters. The fraction of sp³-hybridized carbons (Fsp3) is 0.143. The molecule has 80 valence electrons. The van der Waals surface area contributed by atoms with E-state index in [4.69, 9.17) is 0 Å². The predicted octanol–water partition coefficient (Wildman–Crippen LogP) is 1.88. The van der Waals surface area contributed by atoms with E-state index in [9.17, 15) is 28.1 Å². The van der Waals surface area contributed by atoms with Crippen molar-refractivity contribution in [2.45, 2.75) is 6.43 Å². The molecule has 1 heterocycles. The lowest BCUT2D eigenvalue weighted by Gasteiger charge is -2.00. The molecule has 0 fully saturated rings. The molecule has 0 saturated carbocycles. The lowest BCUT2D eigenvalue weighted by atomic mass is 10.2. The molecule has 0 aromatic carbocycles. The van der Waals surface area contributed by atoms with Crippen molar-refractivity contribution in [3.63, 3.8) is 0 Å². The largest absolute Gasteiger partial charge is 0.377 e. The molecule has 0 N–H and O–H groups in total. The van der Waals surface area contributed by atoms with Gasteiger partial charge in [-0.3, -0.25) is 4.79 Å². The molecule has 0 saturated heterocycles. The monoisotopic (exact) mass is 220 g/mol. The van der Waals surface area contributed by atoms with E-state index in [1.807, 2.05) is 0 Å². The van der Waals surface area contributed by atoms with Gasteiger partial charge >= 0.3 is 11.8 Å². The van der Waals surface area contributed by atoms with Gasteiger partial charge in [0.15, 0.2) is 6.29 Å². The zero-order valence-electron chi connectivity index (χ0n) is 6.99. The van der Waals surface area contributed by atoms with Crippen LogP contribution < -0.4 is 0 Å². The smallest absolute Gasteiger partial charge is 0.358 e. The molecule has 0 radical (unpaired) electrons. The number of nitro groups is 1. The Morgan fingerprint density at radius 3 is 2.53 bits per heavy atom. The van der Waals surface area contributed by atoms with Gasteiger partial charge in [0.25, 0.3) is 6.43 Å². The Hall–Kier alpha value is -1.99. The summed E-state index contributed by atoms with van der Waals surface area (Å²) in [5.41, 5.74) is -1.82. The fourth-order valence-corrected chi connectivity index (χ4v) is 0.900. The molecule has 1 rings (SSSR count). The van der Waals surface area contributed by atoms with Gasteiger partial charge in [-0.2, -0.15) is 4.39 Å². The van der Waals surface area contributed by atoms with E-state index in [0.717, 1.165) is 0 Å². The summed E-state index contributed by atoms with van der Waals surface area (Å²) in [7, 11) is 0. The summed E-state index contributed by atoms with van der Waals surface area (Å²) in [5.74, 6) is -2.73. The first-order valence-corrected chi connectivity index (χ1v) is 3.55. The Kier molecular flexibility index (Phi) is 2.98. The molecule has 0 aliphatic carbocycles. The summed E-state index contributed by atoms with van der Waals surface area (Å²) in [5, 5.41) is 10.2. The van der Waals surface area contributed by atoms with Gasteiger partial charge in [0.1, 0.15) is 11.1 Å². The first kappa shape index (κ1) is 11.1. The van der Waals surface area contributed by atoms with Crippen LogP contribution in [0.25, 0.3) is 0 Å². The number of carbonyl (C=O) groups excluding carboxylic acids is 1. The quantitative estimate of drug-likeness (QED) is 0.337. The highest BCUT2D eigenvalue weighted by molar-refractivity contribution is 5.80. The predicted molar refractivity (Wildman–Crippen MR) is 41.2 cm³/mol. The molecular formula is C7H3F3N2O3. The zero-order chi connectivity index (χ0) is 11.6. The Balaban J connectivity index is 3.42. The summed E-state index contributed by atoms with van der Waals surface area (Å²) in [4.78, 5) is 22.1. The lowest BCUT2D eigenvalue weighted by molar-refractivity contribution is -0.390. The second-order valence-electron chi connectivity index (χ2n) is 2.46. The van der Waals surface area contributed by atoms with Crippen molar-refractivity contribution in [2.24, 2.45) is 0 Å². The molecule has 0 aliphatic heterocycles. The van der Waals surface area contributed by atoms with Gasteiger partial charge in [-0.15, -0.1) is 0 Å². The Morgan fingerprint density at radius 1 is 1.53 bits per heavy atom. The van der Waals surface area contributed by atoms with Crippen LogP contribution in [0, 0.1) is 16.1 Å². The minimum atomic E-state index is -3.18. The second kappa shape index (κ2) is 4.03. The summed E-state index contributed by atoms with van der Waals surface area (Å²) < 4.78 is 37.0. The molecule has 0 atom stereocenters. The summed E-state index contributed by atoms with van der Waals surface area (Å²) >= 11 is 0. The molecule has 8 heteroatoms.